The predicted octanol–water partition coefficient (Wildman–Crippen LogP) is 3.55. The van der Waals surface area contributed by atoms with E-state index in [1.165, 1.54) is 25.0 Å². The highest BCUT2D eigenvalue weighted by molar-refractivity contribution is 5.77. The van der Waals surface area contributed by atoms with E-state index in [-0.39, 0.29) is 5.82 Å². The highest BCUT2D eigenvalue weighted by Crippen LogP contribution is 2.51. The summed E-state index contributed by atoms with van der Waals surface area (Å²) in [7, 11) is 0. The summed E-state index contributed by atoms with van der Waals surface area (Å²) >= 11 is 0. The van der Waals surface area contributed by atoms with E-state index in [0.29, 0.717) is 11.3 Å². The smallest absolute Gasteiger partial charge is 0.201 e. The van der Waals surface area contributed by atoms with Gasteiger partial charge in [-0.3, -0.25) is 0 Å². The molecule has 1 aromatic carbocycles. The number of fused-ring (bicyclic) bond motifs is 1. The van der Waals surface area contributed by atoms with Gasteiger partial charge in [-0.05, 0) is 42.4 Å². The van der Waals surface area contributed by atoms with Crippen LogP contribution >= 0.6 is 0 Å². The van der Waals surface area contributed by atoms with Gasteiger partial charge in [0.15, 0.2) is 0 Å². The van der Waals surface area contributed by atoms with E-state index in [4.69, 9.17) is 0 Å². The molecule has 18 heavy (non-hydrogen) atoms. The molecule has 4 heteroatoms. The molecule has 2 N–H and O–H groups in total. The van der Waals surface area contributed by atoms with Crippen LogP contribution in [-0.2, 0) is 0 Å². The van der Waals surface area contributed by atoms with Crippen molar-refractivity contribution < 1.29 is 4.39 Å². The summed E-state index contributed by atoms with van der Waals surface area (Å²) in [5.74, 6) is 1.19. The summed E-state index contributed by atoms with van der Waals surface area (Å²) in [6, 6.07) is 4.61. The lowest BCUT2D eigenvalue weighted by molar-refractivity contribution is 0.379. The molecular formula is C14H18FN3. The first-order valence-corrected chi connectivity index (χ1v) is 6.48. The number of nitrogens with one attached hydrogen (secondary N) is 2. The largest absolute Gasteiger partial charge is 0.355 e. The fraction of sp³-hybridized carbons (Fsp3) is 0.500. The van der Waals surface area contributed by atoms with Gasteiger partial charge in [0.25, 0.3) is 0 Å². The number of halogens is 1. The molecule has 0 saturated heterocycles. The molecule has 0 unspecified atom stereocenters. The Bertz CT molecular complexity index is 569. The minimum Gasteiger partial charge on any atom is -0.355 e. The molecule has 96 valence electrons. The standard InChI is InChI=1S/C14H18FN3/c1-9(2)14(5-6-14)8-16-13-17-11-4-3-10(15)7-12(11)18-13/h3-4,7,9H,5-6,8H2,1-2H3,(H2,16,17,18). The second-order valence-electron chi connectivity index (χ2n) is 5.62. The van der Waals surface area contributed by atoms with Gasteiger partial charge in [-0.2, -0.15) is 0 Å². The summed E-state index contributed by atoms with van der Waals surface area (Å²) in [5, 5.41) is 3.35. The van der Waals surface area contributed by atoms with Crippen LogP contribution < -0.4 is 5.32 Å². The first-order valence-electron chi connectivity index (χ1n) is 6.48. The zero-order chi connectivity index (χ0) is 12.8. The number of hydrogen-bond acceptors (Lipinski definition) is 2. The average molecular weight is 247 g/mol. The topological polar surface area (TPSA) is 40.7 Å². The van der Waals surface area contributed by atoms with Gasteiger partial charge in [0.2, 0.25) is 5.95 Å². The molecule has 0 aliphatic heterocycles. The maximum atomic E-state index is 13.1. The minimum atomic E-state index is -0.237. The first-order chi connectivity index (χ1) is 8.59. The molecule has 1 saturated carbocycles. The van der Waals surface area contributed by atoms with Gasteiger partial charge in [0.1, 0.15) is 5.82 Å². The Kier molecular flexibility index (Phi) is 2.54. The Morgan fingerprint density at radius 2 is 2.22 bits per heavy atom. The Hall–Kier alpha value is -1.58. The van der Waals surface area contributed by atoms with Crippen molar-refractivity contribution in [3.63, 3.8) is 0 Å². The number of anilines is 1. The van der Waals surface area contributed by atoms with Gasteiger partial charge in [0, 0.05) is 6.54 Å². The summed E-state index contributed by atoms with van der Waals surface area (Å²) < 4.78 is 13.1. The molecule has 2 aromatic rings. The van der Waals surface area contributed by atoms with Crippen LogP contribution in [0.1, 0.15) is 26.7 Å². The molecule has 1 fully saturated rings. The van der Waals surface area contributed by atoms with Crippen LogP contribution in [0.2, 0.25) is 0 Å². The van der Waals surface area contributed by atoms with Crippen molar-refractivity contribution in [2.45, 2.75) is 26.7 Å². The number of nitrogens with zero attached hydrogens (tertiary/aromatic N) is 1. The maximum Gasteiger partial charge on any atom is 0.201 e. The number of rotatable bonds is 4. The van der Waals surface area contributed by atoms with Crippen molar-refractivity contribution in [3.8, 4) is 0 Å². The molecule has 3 nitrogen and oxygen atoms in total. The van der Waals surface area contributed by atoms with E-state index in [1.54, 1.807) is 6.07 Å². The second-order valence-corrected chi connectivity index (χ2v) is 5.62. The van der Waals surface area contributed by atoms with Crippen LogP contribution in [0.4, 0.5) is 10.3 Å². The fourth-order valence-corrected chi connectivity index (χ4v) is 2.44. The third-order valence-electron chi connectivity index (χ3n) is 4.17. The molecule has 0 radical (unpaired) electrons. The van der Waals surface area contributed by atoms with Crippen molar-refractivity contribution in [2.24, 2.45) is 11.3 Å². The summed E-state index contributed by atoms with van der Waals surface area (Å²) in [6.45, 7) is 5.47. The number of H-pyrrole nitrogens is 1. The fourth-order valence-electron chi connectivity index (χ4n) is 2.44. The van der Waals surface area contributed by atoms with E-state index in [9.17, 15) is 4.39 Å². The molecule has 1 aliphatic carbocycles. The predicted molar refractivity (Wildman–Crippen MR) is 71.0 cm³/mol. The van der Waals surface area contributed by atoms with Crippen LogP contribution in [0.5, 0.6) is 0 Å². The van der Waals surface area contributed by atoms with E-state index in [0.717, 1.165) is 23.5 Å². The van der Waals surface area contributed by atoms with Crippen molar-refractivity contribution in [3.05, 3.63) is 24.0 Å². The Labute approximate surface area is 106 Å². The Morgan fingerprint density at radius 1 is 1.44 bits per heavy atom. The third-order valence-corrected chi connectivity index (χ3v) is 4.17. The highest BCUT2D eigenvalue weighted by Gasteiger charge is 2.45. The molecule has 0 spiro atoms. The zero-order valence-electron chi connectivity index (χ0n) is 10.8. The normalized spacial score (nSPS) is 17.3. The molecule has 0 amide bonds. The molecule has 3 rings (SSSR count). The summed E-state index contributed by atoms with van der Waals surface area (Å²) in [4.78, 5) is 7.52. The number of hydrogen-bond donors (Lipinski definition) is 2. The number of benzene rings is 1. The van der Waals surface area contributed by atoms with Gasteiger partial charge in [-0.15, -0.1) is 0 Å². The highest BCUT2D eigenvalue weighted by atomic mass is 19.1. The summed E-state index contributed by atoms with van der Waals surface area (Å²) in [5.41, 5.74) is 1.98. The van der Waals surface area contributed by atoms with Gasteiger partial charge < -0.3 is 10.3 Å². The zero-order valence-corrected chi connectivity index (χ0v) is 10.8. The van der Waals surface area contributed by atoms with Crippen molar-refractivity contribution in [2.75, 3.05) is 11.9 Å². The van der Waals surface area contributed by atoms with Gasteiger partial charge in [0.05, 0.1) is 11.0 Å². The van der Waals surface area contributed by atoms with E-state index >= 15 is 0 Å². The summed E-state index contributed by atoms with van der Waals surface area (Å²) in [6.07, 6.45) is 2.57. The first kappa shape index (κ1) is 11.5. The van der Waals surface area contributed by atoms with E-state index in [2.05, 4.69) is 29.1 Å². The molecule has 0 atom stereocenters. The van der Waals surface area contributed by atoms with Gasteiger partial charge in [-0.25, -0.2) is 9.37 Å². The van der Waals surface area contributed by atoms with Crippen molar-refractivity contribution in [1.82, 2.24) is 9.97 Å². The second kappa shape index (κ2) is 3.97. The molecule has 0 bridgehead atoms. The van der Waals surface area contributed by atoms with Gasteiger partial charge in [-0.1, -0.05) is 13.8 Å². The Balaban J connectivity index is 1.75. The molecule has 1 aromatic heterocycles. The number of aromatic nitrogens is 2. The van der Waals surface area contributed by atoms with Crippen LogP contribution in [0.15, 0.2) is 18.2 Å². The minimum absolute atomic E-state index is 0.237. The quantitative estimate of drug-likeness (QED) is 0.867. The van der Waals surface area contributed by atoms with Crippen LogP contribution in [0.25, 0.3) is 11.0 Å². The lowest BCUT2D eigenvalue weighted by Gasteiger charge is -2.19. The molecular weight excluding hydrogens is 229 g/mol. The van der Waals surface area contributed by atoms with Crippen molar-refractivity contribution >= 4 is 17.0 Å². The van der Waals surface area contributed by atoms with Gasteiger partial charge >= 0.3 is 0 Å². The number of imidazole rings is 1. The maximum absolute atomic E-state index is 13.1. The third kappa shape index (κ3) is 1.96. The molecule has 1 heterocycles. The lowest BCUT2D eigenvalue weighted by Crippen LogP contribution is -2.21. The van der Waals surface area contributed by atoms with E-state index in [1.807, 2.05) is 0 Å². The lowest BCUT2D eigenvalue weighted by atomic mass is 9.92. The van der Waals surface area contributed by atoms with Crippen LogP contribution in [-0.4, -0.2) is 16.5 Å². The Morgan fingerprint density at radius 3 is 2.89 bits per heavy atom. The SMILES string of the molecule is CC(C)C1(CNc2nc3ccc(F)cc3[nH]2)CC1. The molecule has 1 aliphatic rings. The van der Waals surface area contributed by atoms with Crippen molar-refractivity contribution in [1.29, 1.82) is 0 Å². The van der Waals surface area contributed by atoms with E-state index < -0.39 is 0 Å². The van der Waals surface area contributed by atoms with Crippen LogP contribution in [0, 0.1) is 17.2 Å². The van der Waals surface area contributed by atoms with Crippen LogP contribution in [0.3, 0.4) is 0 Å². The monoisotopic (exact) mass is 247 g/mol. The number of aromatic amines is 1. The average Bonchev–Trinajstić information content (AvgIpc) is 3.02.